The van der Waals surface area contributed by atoms with Crippen LogP contribution in [-0.2, 0) is 5.41 Å². The summed E-state index contributed by atoms with van der Waals surface area (Å²) in [5.74, 6) is 2.05. The molecule has 0 radical (unpaired) electrons. The predicted molar refractivity (Wildman–Crippen MR) is 122 cm³/mol. The fourth-order valence-electron chi connectivity index (χ4n) is 7.46. The van der Waals surface area contributed by atoms with Crippen LogP contribution in [0.2, 0.25) is 0 Å². The molecular formula is C28H42F2. The summed E-state index contributed by atoms with van der Waals surface area (Å²) in [4.78, 5) is 0. The molecule has 3 aliphatic carbocycles. The van der Waals surface area contributed by atoms with E-state index in [9.17, 15) is 8.78 Å². The van der Waals surface area contributed by atoms with E-state index in [1.165, 1.54) is 109 Å². The van der Waals surface area contributed by atoms with Crippen molar-refractivity contribution in [2.75, 3.05) is 0 Å². The van der Waals surface area contributed by atoms with Crippen molar-refractivity contribution in [2.45, 2.75) is 115 Å². The lowest BCUT2D eigenvalue weighted by molar-refractivity contribution is 0.0841. The van der Waals surface area contributed by atoms with Crippen molar-refractivity contribution < 1.29 is 8.78 Å². The molecule has 30 heavy (non-hydrogen) atoms. The maximum Gasteiger partial charge on any atom is 0.159 e. The molecule has 168 valence electrons. The Morgan fingerprint density at radius 2 is 1.47 bits per heavy atom. The van der Waals surface area contributed by atoms with E-state index < -0.39 is 11.6 Å². The van der Waals surface area contributed by atoms with Crippen LogP contribution < -0.4 is 0 Å². The van der Waals surface area contributed by atoms with Crippen LogP contribution in [0.1, 0.15) is 115 Å². The Bertz CT molecular complexity index is 659. The van der Waals surface area contributed by atoms with Gasteiger partial charge in [0.1, 0.15) is 0 Å². The lowest BCUT2D eigenvalue weighted by atomic mass is 9.55. The first-order valence-electron chi connectivity index (χ1n) is 13.1. The van der Waals surface area contributed by atoms with Crippen molar-refractivity contribution in [1.82, 2.24) is 0 Å². The van der Waals surface area contributed by atoms with Crippen LogP contribution >= 0.6 is 0 Å². The highest BCUT2D eigenvalue weighted by atomic mass is 19.2. The van der Waals surface area contributed by atoms with Gasteiger partial charge < -0.3 is 0 Å². The molecule has 0 bridgehead atoms. The molecule has 4 rings (SSSR count). The molecule has 0 aromatic heterocycles. The van der Waals surface area contributed by atoms with Crippen LogP contribution in [0.4, 0.5) is 8.78 Å². The van der Waals surface area contributed by atoms with Crippen molar-refractivity contribution >= 4 is 0 Å². The molecule has 0 spiro atoms. The van der Waals surface area contributed by atoms with Gasteiger partial charge in [-0.15, -0.1) is 0 Å². The van der Waals surface area contributed by atoms with Crippen molar-refractivity contribution in [2.24, 2.45) is 23.7 Å². The van der Waals surface area contributed by atoms with Crippen LogP contribution in [0.15, 0.2) is 18.2 Å². The standard InChI is InChI=1S/C28H42F2/c1-2-3-7-21-10-12-22(13-11-21)23-16-18-28(19-17-23,24-8-5-4-6-9-24)25-14-15-26(29)27(30)20-25/h14-15,20-24H,2-13,16-19H2,1H3/t21-,22-,23-,28+. The Kier molecular flexibility index (Phi) is 7.53. The maximum atomic E-state index is 14.2. The van der Waals surface area contributed by atoms with Gasteiger partial charge in [0.2, 0.25) is 0 Å². The Balaban J connectivity index is 1.43. The fraction of sp³-hybridized carbons (Fsp3) is 0.786. The second-order valence-corrected chi connectivity index (χ2v) is 10.9. The molecule has 0 atom stereocenters. The van der Waals surface area contributed by atoms with E-state index in [0.29, 0.717) is 5.92 Å². The molecule has 0 aliphatic heterocycles. The summed E-state index contributed by atoms with van der Waals surface area (Å²) in [5, 5.41) is 0. The van der Waals surface area contributed by atoms with Gasteiger partial charge in [-0.1, -0.05) is 64.4 Å². The highest BCUT2D eigenvalue weighted by molar-refractivity contribution is 5.29. The van der Waals surface area contributed by atoms with Gasteiger partial charge in [-0.3, -0.25) is 0 Å². The van der Waals surface area contributed by atoms with Crippen LogP contribution in [0, 0.1) is 35.3 Å². The normalized spacial score (nSPS) is 33.5. The van der Waals surface area contributed by atoms with Crippen LogP contribution in [0.3, 0.4) is 0 Å². The van der Waals surface area contributed by atoms with E-state index in [1.54, 1.807) is 6.07 Å². The Morgan fingerprint density at radius 3 is 2.10 bits per heavy atom. The van der Waals surface area contributed by atoms with E-state index in [1.807, 2.05) is 6.07 Å². The average molecular weight is 417 g/mol. The van der Waals surface area contributed by atoms with Gasteiger partial charge in [0.15, 0.2) is 11.6 Å². The summed E-state index contributed by atoms with van der Waals surface area (Å²) in [6, 6.07) is 4.83. The number of unbranched alkanes of at least 4 members (excludes halogenated alkanes) is 1. The van der Waals surface area contributed by atoms with Gasteiger partial charge in [0, 0.05) is 0 Å². The van der Waals surface area contributed by atoms with Crippen LogP contribution in [0.5, 0.6) is 0 Å². The first-order valence-corrected chi connectivity index (χ1v) is 13.1. The predicted octanol–water partition coefficient (Wildman–Crippen LogP) is 8.97. The Hall–Kier alpha value is -0.920. The smallest absolute Gasteiger partial charge is 0.159 e. The minimum Gasteiger partial charge on any atom is -0.204 e. The summed E-state index contributed by atoms with van der Waals surface area (Å²) in [5.41, 5.74) is 1.18. The molecule has 0 unspecified atom stereocenters. The number of benzene rings is 1. The molecule has 3 fully saturated rings. The molecule has 3 aliphatic rings. The van der Waals surface area contributed by atoms with Gasteiger partial charge in [-0.25, -0.2) is 8.78 Å². The fourth-order valence-corrected chi connectivity index (χ4v) is 7.46. The van der Waals surface area contributed by atoms with Gasteiger partial charge in [0.05, 0.1) is 0 Å². The highest BCUT2D eigenvalue weighted by Crippen LogP contribution is 2.53. The number of halogens is 2. The molecular weight excluding hydrogens is 374 g/mol. The summed E-state index contributed by atoms with van der Waals surface area (Å²) < 4.78 is 27.9. The van der Waals surface area contributed by atoms with E-state index in [4.69, 9.17) is 0 Å². The minimum atomic E-state index is -0.703. The van der Waals surface area contributed by atoms with E-state index in [0.717, 1.165) is 23.3 Å². The van der Waals surface area contributed by atoms with Crippen molar-refractivity contribution in [3.05, 3.63) is 35.4 Å². The van der Waals surface area contributed by atoms with E-state index >= 15 is 0 Å². The zero-order valence-corrected chi connectivity index (χ0v) is 19.1. The molecule has 0 saturated heterocycles. The van der Waals surface area contributed by atoms with Crippen LogP contribution in [-0.4, -0.2) is 0 Å². The maximum absolute atomic E-state index is 14.2. The average Bonchev–Trinajstić information content (AvgIpc) is 2.80. The van der Waals surface area contributed by atoms with Crippen molar-refractivity contribution in [3.63, 3.8) is 0 Å². The molecule has 0 amide bonds. The number of rotatable bonds is 6. The van der Waals surface area contributed by atoms with Gasteiger partial charge >= 0.3 is 0 Å². The molecule has 1 aromatic rings. The van der Waals surface area contributed by atoms with Crippen LogP contribution in [0.25, 0.3) is 0 Å². The lowest BCUT2D eigenvalue weighted by Gasteiger charge is -2.49. The first-order chi connectivity index (χ1) is 14.6. The summed E-state index contributed by atoms with van der Waals surface area (Å²) in [6.07, 6.45) is 21.4. The minimum absolute atomic E-state index is 0.0871. The molecule has 0 heterocycles. The number of hydrogen-bond donors (Lipinski definition) is 0. The lowest BCUT2D eigenvalue weighted by Crippen LogP contribution is -2.41. The zero-order chi connectivity index (χ0) is 21.0. The second-order valence-electron chi connectivity index (χ2n) is 10.9. The molecule has 3 saturated carbocycles. The molecule has 0 N–H and O–H groups in total. The second kappa shape index (κ2) is 10.1. The third-order valence-electron chi connectivity index (χ3n) is 9.33. The quantitative estimate of drug-likeness (QED) is 0.434. The van der Waals surface area contributed by atoms with Gasteiger partial charge in [-0.05, 0) is 98.1 Å². The third-order valence-corrected chi connectivity index (χ3v) is 9.33. The van der Waals surface area contributed by atoms with Gasteiger partial charge in [-0.2, -0.15) is 0 Å². The van der Waals surface area contributed by atoms with Gasteiger partial charge in [0.25, 0.3) is 0 Å². The SMILES string of the molecule is CCCC[C@H]1CC[C@H]([C@H]2CC[C@](c3ccc(F)c(F)c3)(C3CCCCC3)CC2)CC1. The monoisotopic (exact) mass is 416 g/mol. The first kappa shape index (κ1) is 22.3. The molecule has 2 heteroatoms. The topological polar surface area (TPSA) is 0 Å². The third kappa shape index (κ3) is 4.78. The van der Waals surface area contributed by atoms with E-state index in [2.05, 4.69) is 6.92 Å². The van der Waals surface area contributed by atoms with Crippen molar-refractivity contribution in [1.29, 1.82) is 0 Å². The largest absolute Gasteiger partial charge is 0.204 e. The van der Waals surface area contributed by atoms with E-state index in [-0.39, 0.29) is 5.41 Å². The summed E-state index contributed by atoms with van der Waals surface area (Å²) in [7, 11) is 0. The molecule has 0 nitrogen and oxygen atoms in total. The Morgan fingerprint density at radius 1 is 0.800 bits per heavy atom. The zero-order valence-electron chi connectivity index (χ0n) is 19.1. The number of hydrogen-bond acceptors (Lipinski definition) is 0. The summed E-state index contributed by atoms with van der Waals surface area (Å²) >= 11 is 0. The van der Waals surface area contributed by atoms with Crippen molar-refractivity contribution in [3.8, 4) is 0 Å². The Labute approximate surface area is 183 Å². The highest BCUT2D eigenvalue weighted by Gasteiger charge is 2.45. The molecule has 1 aromatic carbocycles. The summed E-state index contributed by atoms with van der Waals surface area (Å²) in [6.45, 7) is 2.30.